The first-order chi connectivity index (χ1) is 22.7. The maximum absolute atomic E-state index is 15.0. The van der Waals surface area contributed by atoms with Crippen molar-refractivity contribution in [2.75, 3.05) is 31.6 Å². The summed E-state index contributed by atoms with van der Waals surface area (Å²) in [5.74, 6) is -2.64. The summed E-state index contributed by atoms with van der Waals surface area (Å²) in [6.07, 6.45) is -8.43. The molecule has 17 heteroatoms. The summed E-state index contributed by atoms with van der Waals surface area (Å²) in [7, 11) is 0. The van der Waals surface area contributed by atoms with Crippen molar-refractivity contribution in [2.45, 2.75) is 49.5 Å². The van der Waals surface area contributed by atoms with Gasteiger partial charge >= 0.3 is 18.6 Å². The van der Waals surface area contributed by atoms with Crippen molar-refractivity contribution in [1.82, 2.24) is 15.6 Å². The van der Waals surface area contributed by atoms with Crippen molar-refractivity contribution in [1.29, 1.82) is 0 Å². The van der Waals surface area contributed by atoms with Gasteiger partial charge in [-0.1, -0.05) is 42.5 Å². The van der Waals surface area contributed by atoms with Crippen LogP contribution >= 0.6 is 0 Å². The molecule has 1 aliphatic rings. The van der Waals surface area contributed by atoms with E-state index >= 15 is 0 Å². The van der Waals surface area contributed by atoms with Gasteiger partial charge in [0.2, 0.25) is 5.91 Å². The molecule has 5 N–H and O–H groups in total. The second-order valence-electron chi connectivity index (χ2n) is 10.8. The number of halogens is 7. The van der Waals surface area contributed by atoms with Crippen LogP contribution in [0.25, 0.3) is 0 Å². The maximum atomic E-state index is 15.0. The number of amides is 2. The van der Waals surface area contributed by atoms with Gasteiger partial charge in [0.15, 0.2) is 0 Å². The molecule has 1 aliphatic heterocycles. The molecule has 48 heavy (non-hydrogen) atoms. The summed E-state index contributed by atoms with van der Waals surface area (Å²) in [5, 5.41) is 7.29. The number of nitrogens with zero attached hydrogens (tertiary/aromatic N) is 1. The van der Waals surface area contributed by atoms with Crippen molar-refractivity contribution >= 4 is 17.7 Å². The number of carbonyl (C=O) groups is 2. The second kappa shape index (κ2) is 16.1. The lowest BCUT2D eigenvalue weighted by molar-refractivity contribution is -0.274. The Hall–Kier alpha value is -4.48. The molecule has 0 bridgehead atoms. The zero-order valence-electron chi connectivity index (χ0n) is 25.1. The Balaban J connectivity index is 1.37. The monoisotopic (exact) mass is 687 g/mol. The van der Waals surface area contributed by atoms with Crippen LogP contribution in [-0.2, 0) is 20.7 Å². The smallest absolute Gasteiger partial charge is 0.448 e. The van der Waals surface area contributed by atoms with Crippen LogP contribution in [0.15, 0.2) is 67.0 Å². The molecule has 260 valence electrons. The molecule has 4 rings (SSSR count). The summed E-state index contributed by atoms with van der Waals surface area (Å²) in [6.45, 7) is -1.42. The quantitative estimate of drug-likeness (QED) is 0.200. The predicted octanol–water partition coefficient (Wildman–Crippen LogP) is 4.80. The van der Waals surface area contributed by atoms with E-state index in [4.69, 9.17) is 15.2 Å². The first-order valence-electron chi connectivity index (χ1n) is 14.6. The van der Waals surface area contributed by atoms with Crippen LogP contribution in [0.5, 0.6) is 5.75 Å². The third kappa shape index (κ3) is 11.1. The molecule has 0 radical (unpaired) electrons. The van der Waals surface area contributed by atoms with Gasteiger partial charge in [-0.2, -0.15) is 13.2 Å². The molecule has 0 saturated carbocycles. The number of alkyl carbamates (subject to hydrolysis) is 1. The van der Waals surface area contributed by atoms with Gasteiger partial charge in [0.1, 0.15) is 24.7 Å². The lowest BCUT2D eigenvalue weighted by Gasteiger charge is -2.30. The number of morpholine rings is 1. The summed E-state index contributed by atoms with van der Waals surface area (Å²) >= 11 is 0. The molecule has 10 nitrogen and oxygen atoms in total. The van der Waals surface area contributed by atoms with Crippen LogP contribution in [0.4, 0.5) is 41.2 Å². The van der Waals surface area contributed by atoms with Crippen molar-refractivity contribution in [3.05, 3.63) is 89.5 Å². The van der Waals surface area contributed by atoms with Crippen LogP contribution in [0.3, 0.4) is 0 Å². The highest BCUT2D eigenvalue weighted by Crippen LogP contribution is 2.31. The number of hydrogen-bond acceptors (Lipinski definition) is 8. The number of anilines is 1. The molecule has 2 amide bonds. The highest BCUT2D eigenvalue weighted by atomic mass is 19.4. The Kier molecular flexibility index (Phi) is 12.2. The zero-order chi connectivity index (χ0) is 34.9. The molecule has 3 aromatic rings. The molecule has 0 spiro atoms. The zero-order valence-corrected chi connectivity index (χ0v) is 25.1. The van der Waals surface area contributed by atoms with Crippen molar-refractivity contribution < 1.29 is 54.5 Å². The molecule has 1 aromatic heterocycles. The van der Waals surface area contributed by atoms with E-state index in [0.29, 0.717) is 17.5 Å². The lowest BCUT2D eigenvalue weighted by atomic mass is 9.85. The van der Waals surface area contributed by atoms with Gasteiger partial charge < -0.3 is 35.9 Å². The van der Waals surface area contributed by atoms with Crippen LogP contribution in [-0.4, -0.2) is 74.0 Å². The SMILES string of the molecule is N[C@H](C(=O)Nc1cncc(F)c1CC[C@@H]1CN[C@H](COC(=O)NCC(F)(F)F)CO1)[C@H](c1ccccc1)c1ccc(OC(F)(F)F)cc1. The number of benzene rings is 2. The fraction of sp³-hybridized carbons (Fsp3) is 0.387. The van der Waals surface area contributed by atoms with E-state index in [-0.39, 0.29) is 37.4 Å². The number of pyridine rings is 1. The maximum Gasteiger partial charge on any atom is 0.573 e. The Morgan fingerprint density at radius 3 is 2.33 bits per heavy atom. The number of rotatable bonds is 12. The first-order valence-corrected chi connectivity index (χ1v) is 14.6. The fourth-order valence-electron chi connectivity index (χ4n) is 5.00. The number of nitrogens with two attached hydrogens (primary N) is 1. The van der Waals surface area contributed by atoms with Gasteiger partial charge in [-0.25, -0.2) is 9.18 Å². The van der Waals surface area contributed by atoms with Crippen molar-refractivity contribution in [3.63, 3.8) is 0 Å². The Labute approximate surface area is 270 Å². The van der Waals surface area contributed by atoms with Crippen molar-refractivity contribution in [2.24, 2.45) is 5.73 Å². The van der Waals surface area contributed by atoms with E-state index in [1.807, 2.05) is 0 Å². The second-order valence-corrected chi connectivity index (χ2v) is 10.8. The van der Waals surface area contributed by atoms with Gasteiger partial charge in [0.25, 0.3) is 0 Å². The predicted molar refractivity (Wildman–Crippen MR) is 157 cm³/mol. The molecule has 0 aliphatic carbocycles. The van der Waals surface area contributed by atoms with Crippen molar-refractivity contribution in [3.8, 4) is 5.75 Å². The normalized spacial score (nSPS) is 18.0. The topological polar surface area (TPSA) is 137 Å². The third-order valence-electron chi connectivity index (χ3n) is 7.29. The van der Waals surface area contributed by atoms with Crippen LogP contribution in [0, 0.1) is 5.82 Å². The van der Waals surface area contributed by atoms with E-state index in [1.54, 1.807) is 35.6 Å². The van der Waals surface area contributed by atoms with Crippen LogP contribution in [0.1, 0.15) is 29.0 Å². The first kappa shape index (κ1) is 36.4. The molecular formula is C31H32F7N5O5. The summed E-state index contributed by atoms with van der Waals surface area (Å²) < 4.78 is 104. The standard InChI is InChI=1S/C31H32F7N5O5/c32-24-13-40-14-25(23(24)11-10-22-12-41-20(15-46-22)16-47-29(45)42-17-30(33,34)35)43-28(44)27(39)26(18-4-2-1-3-5-18)19-6-8-21(9-7-19)48-31(36,37)38/h1-9,13-14,20,22,26-27,41H,10-12,15-17,39H2,(H,42,45)(H,43,44)/t20-,22+,26+,27-/m0/s1. The minimum atomic E-state index is -4.88. The average Bonchev–Trinajstić information content (AvgIpc) is 3.03. The average molecular weight is 688 g/mol. The number of aromatic nitrogens is 1. The van der Waals surface area contributed by atoms with E-state index in [1.165, 1.54) is 18.3 Å². The largest absolute Gasteiger partial charge is 0.573 e. The number of carbonyl (C=O) groups excluding carboxylic acids is 2. The number of ether oxygens (including phenoxy) is 3. The number of nitrogens with one attached hydrogen (secondary N) is 3. The highest BCUT2D eigenvalue weighted by Gasteiger charge is 2.33. The Morgan fingerprint density at radius 2 is 1.71 bits per heavy atom. The Bertz CT molecular complexity index is 1500. The minimum absolute atomic E-state index is 0.0658. The van der Waals surface area contributed by atoms with E-state index in [9.17, 15) is 40.3 Å². The van der Waals surface area contributed by atoms with Gasteiger partial charge in [-0.15, -0.1) is 13.2 Å². The minimum Gasteiger partial charge on any atom is -0.448 e. The van der Waals surface area contributed by atoms with Crippen LogP contribution < -0.4 is 26.4 Å². The number of hydrogen-bond donors (Lipinski definition) is 4. The van der Waals surface area contributed by atoms with Gasteiger partial charge in [0, 0.05) is 18.0 Å². The summed E-state index contributed by atoms with van der Waals surface area (Å²) in [4.78, 5) is 28.8. The molecule has 1 fully saturated rings. The third-order valence-corrected chi connectivity index (χ3v) is 7.29. The van der Waals surface area contributed by atoms with Gasteiger partial charge in [-0.05, 0) is 36.1 Å². The molecule has 0 unspecified atom stereocenters. The molecular weight excluding hydrogens is 655 g/mol. The molecule has 2 heterocycles. The Morgan fingerprint density at radius 1 is 1.02 bits per heavy atom. The lowest BCUT2D eigenvalue weighted by Crippen LogP contribution is -2.49. The number of alkyl halides is 6. The fourth-order valence-corrected chi connectivity index (χ4v) is 5.00. The van der Waals surface area contributed by atoms with E-state index in [2.05, 4.69) is 20.4 Å². The highest BCUT2D eigenvalue weighted by molar-refractivity contribution is 5.96. The van der Waals surface area contributed by atoms with Gasteiger partial charge in [-0.3, -0.25) is 9.78 Å². The summed E-state index contributed by atoms with van der Waals surface area (Å²) in [6, 6.07) is 11.8. The van der Waals surface area contributed by atoms with E-state index in [0.717, 1.165) is 18.3 Å². The summed E-state index contributed by atoms with van der Waals surface area (Å²) in [5.41, 5.74) is 7.67. The van der Waals surface area contributed by atoms with Crippen LogP contribution in [0.2, 0.25) is 0 Å². The molecule has 4 atom stereocenters. The van der Waals surface area contributed by atoms with E-state index < -0.39 is 66.8 Å². The van der Waals surface area contributed by atoms with Gasteiger partial charge in [0.05, 0.1) is 42.9 Å². The molecule has 2 aromatic carbocycles. The molecule has 1 saturated heterocycles.